The Morgan fingerprint density at radius 2 is 2.00 bits per heavy atom. The van der Waals surface area contributed by atoms with E-state index in [0.29, 0.717) is 16.6 Å². The summed E-state index contributed by atoms with van der Waals surface area (Å²) in [6.07, 6.45) is 7.85. The molecule has 0 saturated heterocycles. The van der Waals surface area contributed by atoms with Gasteiger partial charge in [-0.2, -0.15) is 0 Å². The van der Waals surface area contributed by atoms with Crippen molar-refractivity contribution in [3.8, 4) is 0 Å². The molecule has 0 amide bonds. The molecule has 0 aliphatic heterocycles. The predicted molar refractivity (Wildman–Crippen MR) is 63.6 cm³/mol. The van der Waals surface area contributed by atoms with Gasteiger partial charge in [0.25, 0.3) is 0 Å². The Bertz CT molecular complexity index is 389. The maximum Gasteiger partial charge on any atom is 0.225 e. The van der Waals surface area contributed by atoms with Crippen LogP contribution in [0.4, 0.5) is 0 Å². The van der Waals surface area contributed by atoms with Crippen molar-refractivity contribution < 1.29 is 0 Å². The Morgan fingerprint density at radius 1 is 1.31 bits per heavy atom. The van der Waals surface area contributed by atoms with Gasteiger partial charge >= 0.3 is 0 Å². The molecule has 0 N–H and O–H groups in total. The fourth-order valence-corrected chi connectivity index (χ4v) is 3.04. The van der Waals surface area contributed by atoms with Gasteiger partial charge in [0, 0.05) is 12.5 Å². The van der Waals surface area contributed by atoms with Crippen molar-refractivity contribution in [2.24, 2.45) is 5.41 Å². The van der Waals surface area contributed by atoms with Crippen LogP contribution in [-0.4, -0.2) is 14.8 Å². The van der Waals surface area contributed by atoms with Gasteiger partial charge in [-0.15, -0.1) is 10.2 Å². The molecule has 1 aromatic rings. The lowest BCUT2D eigenvalue weighted by Crippen LogP contribution is -2.21. The Labute approximate surface area is 101 Å². The summed E-state index contributed by atoms with van der Waals surface area (Å²) in [6, 6.07) is 0. The molecule has 0 unspecified atom stereocenters. The normalized spacial score (nSPS) is 23.9. The molecule has 0 atom stereocenters. The molecule has 2 fully saturated rings. The Balaban J connectivity index is 1.84. The minimum absolute atomic E-state index is 0.412. The lowest BCUT2D eigenvalue weighted by atomic mass is 9.89. The summed E-state index contributed by atoms with van der Waals surface area (Å²) in [5.41, 5.74) is 0.412. The zero-order chi connectivity index (χ0) is 11.2. The smallest absolute Gasteiger partial charge is 0.225 e. The highest BCUT2D eigenvalue weighted by Crippen LogP contribution is 2.43. The molecule has 3 nitrogen and oxygen atoms in total. The van der Waals surface area contributed by atoms with Gasteiger partial charge < -0.3 is 4.57 Å². The van der Waals surface area contributed by atoms with Crippen molar-refractivity contribution in [2.45, 2.75) is 57.9 Å². The maximum absolute atomic E-state index is 6.15. The number of rotatable bonds is 3. The molecule has 0 bridgehead atoms. The molecule has 2 aliphatic rings. The SMILES string of the molecule is CC1(Cn2c(Cl)nnc2C2CC2)CCCC1. The summed E-state index contributed by atoms with van der Waals surface area (Å²) in [5.74, 6) is 1.75. The van der Waals surface area contributed by atoms with E-state index in [4.69, 9.17) is 11.6 Å². The lowest BCUT2D eigenvalue weighted by molar-refractivity contribution is 0.277. The molecule has 0 spiro atoms. The third-order valence-electron chi connectivity index (χ3n) is 4.03. The van der Waals surface area contributed by atoms with E-state index in [0.717, 1.165) is 12.4 Å². The Hall–Kier alpha value is -0.570. The van der Waals surface area contributed by atoms with Crippen LogP contribution < -0.4 is 0 Å². The standard InChI is InChI=1S/C12H18ClN3/c1-12(6-2-3-7-12)8-16-10(9-4-5-9)14-15-11(16)13/h9H,2-8H2,1H3. The van der Waals surface area contributed by atoms with Gasteiger partial charge in [0.05, 0.1) is 0 Å². The third-order valence-corrected chi connectivity index (χ3v) is 4.31. The Morgan fingerprint density at radius 3 is 2.62 bits per heavy atom. The summed E-state index contributed by atoms with van der Waals surface area (Å²) in [4.78, 5) is 0. The van der Waals surface area contributed by atoms with E-state index >= 15 is 0 Å². The van der Waals surface area contributed by atoms with Gasteiger partial charge in [0.2, 0.25) is 5.28 Å². The van der Waals surface area contributed by atoms with E-state index in [2.05, 4.69) is 21.7 Å². The largest absolute Gasteiger partial charge is 0.301 e. The van der Waals surface area contributed by atoms with Crippen LogP contribution in [0.1, 0.15) is 57.2 Å². The summed E-state index contributed by atoms with van der Waals surface area (Å²) in [5, 5.41) is 8.84. The molecule has 4 heteroatoms. The Kier molecular flexibility index (Phi) is 2.46. The summed E-state index contributed by atoms with van der Waals surface area (Å²) < 4.78 is 2.16. The van der Waals surface area contributed by atoms with Gasteiger partial charge in [-0.1, -0.05) is 19.8 Å². The van der Waals surface area contributed by atoms with Gasteiger partial charge in [0.1, 0.15) is 5.82 Å². The van der Waals surface area contributed by atoms with E-state index in [1.807, 2.05) is 0 Å². The van der Waals surface area contributed by atoms with Crippen LogP contribution >= 0.6 is 11.6 Å². The zero-order valence-corrected chi connectivity index (χ0v) is 10.5. The monoisotopic (exact) mass is 239 g/mol. The van der Waals surface area contributed by atoms with Crippen molar-refractivity contribution in [3.63, 3.8) is 0 Å². The number of hydrogen-bond donors (Lipinski definition) is 0. The maximum atomic E-state index is 6.15. The average molecular weight is 240 g/mol. The first kappa shape index (κ1) is 10.6. The zero-order valence-electron chi connectivity index (χ0n) is 9.75. The molecular formula is C12H18ClN3. The third kappa shape index (κ3) is 1.86. The molecule has 2 saturated carbocycles. The van der Waals surface area contributed by atoms with Crippen LogP contribution in [0.25, 0.3) is 0 Å². The van der Waals surface area contributed by atoms with Crippen LogP contribution in [0.15, 0.2) is 0 Å². The summed E-state index contributed by atoms with van der Waals surface area (Å²) in [7, 11) is 0. The molecular weight excluding hydrogens is 222 g/mol. The molecule has 0 radical (unpaired) electrons. The highest BCUT2D eigenvalue weighted by atomic mass is 35.5. The van der Waals surface area contributed by atoms with Crippen LogP contribution in [0.2, 0.25) is 5.28 Å². The first-order valence-corrected chi connectivity index (χ1v) is 6.64. The van der Waals surface area contributed by atoms with Crippen molar-refractivity contribution in [2.75, 3.05) is 0 Å². The van der Waals surface area contributed by atoms with E-state index in [1.54, 1.807) is 0 Å². The number of aromatic nitrogens is 3. The van der Waals surface area contributed by atoms with Crippen LogP contribution in [-0.2, 0) is 6.54 Å². The number of hydrogen-bond acceptors (Lipinski definition) is 2. The van der Waals surface area contributed by atoms with Crippen molar-refractivity contribution >= 4 is 11.6 Å². The molecule has 16 heavy (non-hydrogen) atoms. The second-order valence-corrected chi connectivity index (χ2v) is 6.04. The second kappa shape index (κ2) is 3.73. The summed E-state index contributed by atoms with van der Waals surface area (Å²) in [6.45, 7) is 3.37. The second-order valence-electron chi connectivity index (χ2n) is 5.71. The van der Waals surface area contributed by atoms with E-state index in [9.17, 15) is 0 Å². The number of halogens is 1. The van der Waals surface area contributed by atoms with Gasteiger partial charge in [-0.05, 0) is 42.7 Å². The predicted octanol–water partition coefficient (Wildman–Crippen LogP) is 3.39. The van der Waals surface area contributed by atoms with Crippen molar-refractivity contribution in [3.05, 3.63) is 11.1 Å². The first-order valence-electron chi connectivity index (χ1n) is 6.27. The van der Waals surface area contributed by atoms with E-state index in [1.165, 1.54) is 38.5 Å². The minimum atomic E-state index is 0.412. The highest BCUT2D eigenvalue weighted by molar-refractivity contribution is 6.28. The molecule has 2 aliphatic carbocycles. The lowest BCUT2D eigenvalue weighted by Gasteiger charge is -2.24. The van der Waals surface area contributed by atoms with Gasteiger partial charge in [0.15, 0.2) is 0 Å². The van der Waals surface area contributed by atoms with Crippen LogP contribution in [0, 0.1) is 5.41 Å². The molecule has 88 valence electrons. The fourth-order valence-electron chi connectivity index (χ4n) is 2.85. The van der Waals surface area contributed by atoms with Gasteiger partial charge in [-0.3, -0.25) is 0 Å². The first-order chi connectivity index (χ1) is 7.68. The average Bonchev–Trinajstić information content (AvgIpc) is 2.92. The quantitative estimate of drug-likeness (QED) is 0.810. The molecule has 3 rings (SSSR count). The van der Waals surface area contributed by atoms with Crippen molar-refractivity contribution in [1.82, 2.24) is 14.8 Å². The van der Waals surface area contributed by atoms with Gasteiger partial charge in [-0.25, -0.2) is 0 Å². The minimum Gasteiger partial charge on any atom is -0.301 e. The fraction of sp³-hybridized carbons (Fsp3) is 0.833. The van der Waals surface area contributed by atoms with E-state index < -0.39 is 0 Å². The number of nitrogens with zero attached hydrogens (tertiary/aromatic N) is 3. The van der Waals surface area contributed by atoms with E-state index in [-0.39, 0.29) is 0 Å². The van der Waals surface area contributed by atoms with Crippen molar-refractivity contribution in [1.29, 1.82) is 0 Å². The summed E-state index contributed by atoms with van der Waals surface area (Å²) >= 11 is 6.15. The molecule has 1 heterocycles. The van der Waals surface area contributed by atoms with Crippen LogP contribution in [0.3, 0.4) is 0 Å². The topological polar surface area (TPSA) is 30.7 Å². The van der Waals surface area contributed by atoms with Crippen LogP contribution in [0.5, 0.6) is 0 Å². The molecule has 1 aromatic heterocycles. The highest BCUT2D eigenvalue weighted by Gasteiger charge is 2.34. The molecule has 0 aromatic carbocycles.